The molecule has 21 heavy (non-hydrogen) atoms. The first-order chi connectivity index (χ1) is 9.90. The van der Waals surface area contributed by atoms with Crippen LogP contribution in [0.3, 0.4) is 0 Å². The molecule has 1 saturated carbocycles. The van der Waals surface area contributed by atoms with Crippen LogP contribution in [0.25, 0.3) is 0 Å². The maximum absolute atomic E-state index is 12.9. The molecule has 1 unspecified atom stereocenters. The summed E-state index contributed by atoms with van der Waals surface area (Å²) in [6, 6.07) is 5.21. The van der Waals surface area contributed by atoms with E-state index in [-0.39, 0.29) is 18.3 Å². The van der Waals surface area contributed by atoms with Crippen LogP contribution in [0, 0.1) is 5.82 Å². The molecule has 6 heteroatoms. The topological polar surface area (TPSA) is 78.4 Å². The highest BCUT2D eigenvalue weighted by Crippen LogP contribution is 2.34. The molecule has 1 aliphatic carbocycles. The lowest BCUT2D eigenvalue weighted by Crippen LogP contribution is -2.57. The molecule has 1 atom stereocenters. The highest BCUT2D eigenvalue weighted by Gasteiger charge is 2.40. The number of benzene rings is 1. The number of aliphatic carboxylic acids is 1. The predicted octanol–water partition coefficient (Wildman–Crippen LogP) is 2.58. The molecule has 0 bridgehead atoms. The Bertz CT molecular complexity index is 526. The van der Waals surface area contributed by atoms with Crippen LogP contribution in [0.5, 0.6) is 0 Å². The molecule has 0 saturated heterocycles. The molecule has 1 aliphatic rings. The van der Waals surface area contributed by atoms with Crippen molar-refractivity contribution in [2.75, 3.05) is 0 Å². The fourth-order valence-electron chi connectivity index (χ4n) is 2.55. The van der Waals surface area contributed by atoms with Gasteiger partial charge in [-0.3, -0.25) is 4.79 Å². The average Bonchev–Trinajstić information content (AvgIpc) is 2.36. The number of nitrogens with one attached hydrogen (secondary N) is 2. The van der Waals surface area contributed by atoms with Gasteiger partial charge in [0.15, 0.2) is 0 Å². The Hall–Kier alpha value is -2.11. The fraction of sp³-hybridized carbons (Fsp3) is 0.467. The molecule has 0 heterocycles. The smallest absolute Gasteiger partial charge is 0.315 e. The van der Waals surface area contributed by atoms with Crippen LogP contribution >= 0.6 is 0 Å². The van der Waals surface area contributed by atoms with E-state index in [1.54, 1.807) is 19.1 Å². The van der Waals surface area contributed by atoms with E-state index in [1.165, 1.54) is 12.1 Å². The van der Waals surface area contributed by atoms with Gasteiger partial charge in [0.1, 0.15) is 5.82 Å². The average molecular weight is 294 g/mol. The minimum Gasteiger partial charge on any atom is -0.481 e. The third-order valence-electron chi connectivity index (χ3n) is 3.90. The van der Waals surface area contributed by atoms with Crippen molar-refractivity contribution in [3.63, 3.8) is 0 Å². The first kappa shape index (κ1) is 15.3. The third kappa shape index (κ3) is 3.93. The van der Waals surface area contributed by atoms with Crippen molar-refractivity contribution in [3.05, 3.63) is 35.6 Å². The van der Waals surface area contributed by atoms with Gasteiger partial charge in [-0.25, -0.2) is 9.18 Å². The van der Waals surface area contributed by atoms with Crippen LogP contribution in [0.2, 0.25) is 0 Å². The Morgan fingerprint density at radius 3 is 2.43 bits per heavy atom. The van der Waals surface area contributed by atoms with Gasteiger partial charge in [-0.15, -0.1) is 0 Å². The molecule has 1 aromatic rings. The highest BCUT2D eigenvalue weighted by molar-refractivity contribution is 5.77. The second-order valence-corrected chi connectivity index (χ2v) is 5.58. The van der Waals surface area contributed by atoms with E-state index in [1.807, 2.05) is 0 Å². The summed E-state index contributed by atoms with van der Waals surface area (Å²) in [7, 11) is 0. The molecular formula is C15H19FN2O3. The molecule has 3 N–H and O–H groups in total. The molecule has 2 amide bonds. The number of amides is 2. The lowest BCUT2D eigenvalue weighted by molar-refractivity contribution is -0.139. The third-order valence-corrected chi connectivity index (χ3v) is 3.90. The molecule has 0 aromatic heterocycles. The van der Waals surface area contributed by atoms with Crippen molar-refractivity contribution >= 4 is 12.0 Å². The Morgan fingerprint density at radius 2 is 1.95 bits per heavy atom. The fourth-order valence-corrected chi connectivity index (χ4v) is 2.55. The number of carbonyl (C=O) groups is 2. The van der Waals surface area contributed by atoms with Gasteiger partial charge >= 0.3 is 12.0 Å². The van der Waals surface area contributed by atoms with Gasteiger partial charge in [-0.2, -0.15) is 0 Å². The first-order valence-corrected chi connectivity index (χ1v) is 6.96. The normalized spacial score (nSPS) is 17.4. The summed E-state index contributed by atoms with van der Waals surface area (Å²) in [6.45, 7) is 1.79. The first-order valence-electron chi connectivity index (χ1n) is 6.96. The predicted molar refractivity (Wildman–Crippen MR) is 75.3 cm³/mol. The summed E-state index contributed by atoms with van der Waals surface area (Å²) in [5.74, 6) is -1.24. The van der Waals surface area contributed by atoms with E-state index in [0.29, 0.717) is 12.8 Å². The number of carboxylic acid groups (broad SMARTS) is 1. The van der Waals surface area contributed by atoms with E-state index in [9.17, 15) is 14.0 Å². The van der Waals surface area contributed by atoms with E-state index >= 15 is 0 Å². The number of hydrogen-bond acceptors (Lipinski definition) is 2. The van der Waals surface area contributed by atoms with Crippen molar-refractivity contribution in [3.8, 4) is 0 Å². The largest absolute Gasteiger partial charge is 0.481 e. The maximum Gasteiger partial charge on any atom is 0.315 e. The summed E-state index contributed by atoms with van der Waals surface area (Å²) >= 11 is 0. The Balaban J connectivity index is 1.91. The zero-order chi connectivity index (χ0) is 15.5. The Morgan fingerprint density at radius 1 is 1.33 bits per heavy atom. The molecule has 114 valence electrons. The standard InChI is InChI=1S/C15H19FN2O3/c1-10(11-3-5-12(16)6-4-11)17-14(21)18-15(7-2-8-15)9-13(19)20/h3-6,10H,2,7-9H2,1H3,(H,19,20)(H2,17,18,21). The summed E-state index contributed by atoms with van der Waals surface area (Å²) < 4.78 is 12.9. The van der Waals surface area contributed by atoms with Gasteiger partial charge in [0.05, 0.1) is 18.0 Å². The second-order valence-electron chi connectivity index (χ2n) is 5.58. The molecule has 2 rings (SSSR count). The molecule has 0 radical (unpaired) electrons. The van der Waals surface area contributed by atoms with Crippen molar-refractivity contribution in [1.29, 1.82) is 0 Å². The van der Waals surface area contributed by atoms with Crippen LogP contribution in [-0.4, -0.2) is 22.6 Å². The van der Waals surface area contributed by atoms with E-state index in [4.69, 9.17) is 5.11 Å². The Kier molecular flexibility index (Phi) is 4.45. The molecular weight excluding hydrogens is 275 g/mol. The number of urea groups is 1. The second kappa shape index (κ2) is 6.11. The van der Waals surface area contributed by atoms with Crippen LogP contribution in [0.4, 0.5) is 9.18 Å². The lowest BCUT2D eigenvalue weighted by Gasteiger charge is -2.41. The quantitative estimate of drug-likeness (QED) is 0.781. The maximum atomic E-state index is 12.9. The minimum atomic E-state index is -0.915. The van der Waals surface area contributed by atoms with E-state index in [2.05, 4.69) is 10.6 Å². The molecule has 0 aliphatic heterocycles. The van der Waals surface area contributed by atoms with Gasteiger partial charge in [0.25, 0.3) is 0 Å². The molecule has 1 fully saturated rings. The number of hydrogen-bond donors (Lipinski definition) is 3. The number of carboxylic acids is 1. The van der Waals surface area contributed by atoms with Crippen molar-refractivity contribution < 1.29 is 19.1 Å². The van der Waals surface area contributed by atoms with Crippen molar-refractivity contribution in [2.24, 2.45) is 0 Å². The molecule has 1 aromatic carbocycles. The summed E-state index contributed by atoms with van der Waals surface area (Å²) in [4.78, 5) is 22.9. The van der Waals surface area contributed by atoms with Gasteiger partial charge in [-0.1, -0.05) is 12.1 Å². The summed E-state index contributed by atoms with van der Waals surface area (Å²) in [5, 5.41) is 14.4. The van der Waals surface area contributed by atoms with Gasteiger partial charge in [0.2, 0.25) is 0 Å². The zero-order valence-corrected chi connectivity index (χ0v) is 11.9. The minimum absolute atomic E-state index is 0.0641. The monoisotopic (exact) mass is 294 g/mol. The van der Waals surface area contributed by atoms with Gasteiger partial charge in [0, 0.05) is 0 Å². The van der Waals surface area contributed by atoms with Gasteiger partial charge in [-0.05, 0) is 43.9 Å². The lowest BCUT2D eigenvalue weighted by atomic mass is 9.74. The summed E-state index contributed by atoms with van der Waals surface area (Å²) in [6.07, 6.45) is 2.21. The Labute approximate surface area is 122 Å². The highest BCUT2D eigenvalue weighted by atomic mass is 19.1. The number of rotatable bonds is 5. The number of carbonyl (C=O) groups excluding carboxylic acids is 1. The summed E-state index contributed by atoms with van der Waals surface area (Å²) in [5.41, 5.74) is 0.158. The SMILES string of the molecule is CC(NC(=O)NC1(CC(=O)O)CCC1)c1ccc(F)cc1. The van der Waals surface area contributed by atoms with E-state index in [0.717, 1.165) is 12.0 Å². The van der Waals surface area contributed by atoms with Crippen molar-refractivity contribution in [1.82, 2.24) is 10.6 Å². The van der Waals surface area contributed by atoms with Crippen molar-refractivity contribution in [2.45, 2.75) is 44.2 Å². The van der Waals surface area contributed by atoms with E-state index < -0.39 is 17.5 Å². The van der Waals surface area contributed by atoms with Crippen LogP contribution in [0.15, 0.2) is 24.3 Å². The van der Waals surface area contributed by atoms with Crippen LogP contribution < -0.4 is 10.6 Å². The number of halogens is 1. The van der Waals surface area contributed by atoms with Gasteiger partial charge < -0.3 is 15.7 Å². The van der Waals surface area contributed by atoms with Crippen LogP contribution in [-0.2, 0) is 4.79 Å². The molecule has 5 nitrogen and oxygen atoms in total. The molecule has 0 spiro atoms. The van der Waals surface area contributed by atoms with Crippen LogP contribution in [0.1, 0.15) is 44.2 Å². The zero-order valence-electron chi connectivity index (χ0n) is 11.9.